The van der Waals surface area contributed by atoms with Crippen LogP contribution in [0.15, 0.2) is 12.1 Å². The number of hydrogen-bond acceptors (Lipinski definition) is 2. The fraction of sp³-hybridized carbons (Fsp3) is 0.571. The van der Waals surface area contributed by atoms with Crippen molar-refractivity contribution in [1.82, 2.24) is 0 Å². The van der Waals surface area contributed by atoms with E-state index in [4.69, 9.17) is 17.3 Å². The van der Waals surface area contributed by atoms with Crippen LogP contribution in [0.25, 0.3) is 0 Å². The summed E-state index contributed by atoms with van der Waals surface area (Å²) in [5, 5.41) is 3.34. The van der Waals surface area contributed by atoms with Gasteiger partial charge in [-0.05, 0) is 24.8 Å². The lowest BCUT2D eigenvalue weighted by molar-refractivity contribution is 0.491. The predicted octanol–water partition coefficient (Wildman–Crippen LogP) is 4.44. The van der Waals surface area contributed by atoms with Gasteiger partial charge >= 0.3 is 0 Å². The summed E-state index contributed by atoms with van der Waals surface area (Å²) in [6.45, 7) is 0.864. The first-order valence-electron chi connectivity index (χ1n) is 6.65. The van der Waals surface area contributed by atoms with E-state index in [0.717, 1.165) is 24.6 Å². The van der Waals surface area contributed by atoms with Gasteiger partial charge in [0.15, 0.2) is 0 Å². The quantitative estimate of drug-likeness (QED) is 0.613. The Morgan fingerprint density at radius 2 is 2.06 bits per heavy atom. The standard InChI is InChI=1S/C14H20ClFN2/c15-11-8-14(13(17)9-12(11)16)18-7-3-6-10-4-1-2-5-10/h8-10,18H,1-7,17H2. The topological polar surface area (TPSA) is 38.0 Å². The van der Waals surface area contributed by atoms with Crippen LogP contribution in [0.4, 0.5) is 15.8 Å². The third kappa shape index (κ3) is 3.52. The number of nitrogen functional groups attached to an aromatic ring is 1. The first-order chi connectivity index (χ1) is 8.66. The molecular formula is C14H20ClFN2. The molecule has 2 nitrogen and oxygen atoms in total. The monoisotopic (exact) mass is 270 g/mol. The van der Waals surface area contributed by atoms with Gasteiger partial charge in [0, 0.05) is 12.6 Å². The minimum Gasteiger partial charge on any atom is -0.397 e. The van der Waals surface area contributed by atoms with Crippen molar-refractivity contribution in [3.63, 3.8) is 0 Å². The van der Waals surface area contributed by atoms with Gasteiger partial charge in [0.25, 0.3) is 0 Å². The van der Waals surface area contributed by atoms with Crippen LogP contribution >= 0.6 is 11.6 Å². The van der Waals surface area contributed by atoms with Crippen molar-refractivity contribution in [2.75, 3.05) is 17.6 Å². The molecule has 1 aliphatic rings. The van der Waals surface area contributed by atoms with Crippen molar-refractivity contribution in [2.45, 2.75) is 38.5 Å². The average molecular weight is 271 g/mol. The summed E-state index contributed by atoms with van der Waals surface area (Å²) in [5.74, 6) is 0.437. The molecule has 0 aromatic heterocycles. The molecule has 0 saturated heterocycles. The van der Waals surface area contributed by atoms with Crippen molar-refractivity contribution >= 4 is 23.0 Å². The Bertz CT molecular complexity index is 403. The third-order valence-corrected chi connectivity index (χ3v) is 3.96. The summed E-state index contributed by atoms with van der Waals surface area (Å²) < 4.78 is 13.1. The van der Waals surface area contributed by atoms with Gasteiger partial charge in [0.05, 0.1) is 16.4 Å². The van der Waals surface area contributed by atoms with Crippen LogP contribution in [0.1, 0.15) is 38.5 Å². The molecule has 0 amide bonds. The summed E-state index contributed by atoms with van der Waals surface area (Å²) in [4.78, 5) is 0. The average Bonchev–Trinajstić information content (AvgIpc) is 2.84. The Hall–Kier alpha value is -0.960. The molecule has 0 spiro atoms. The Morgan fingerprint density at radius 1 is 1.33 bits per heavy atom. The molecule has 2 rings (SSSR count). The van der Waals surface area contributed by atoms with Crippen LogP contribution in [-0.2, 0) is 0 Å². The Labute approximate surface area is 113 Å². The zero-order valence-electron chi connectivity index (χ0n) is 10.5. The molecule has 3 N–H and O–H groups in total. The Morgan fingerprint density at radius 3 is 2.78 bits per heavy atom. The molecule has 0 atom stereocenters. The van der Waals surface area contributed by atoms with Gasteiger partial charge in [0.1, 0.15) is 5.82 Å². The lowest BCUT2D eigenvalue weighted by atomic mass is 10.0. The summed E-state index contributed by atoms with van der Waals surface area (Å²) in [6, 6.07) is 2.82. The fourth-order valence-electron chi connectivity index (χ4n) is 2.63. The van der Waals surface area contributed by atoms with E-state index in [0.29, 0.717) is 5.69 Å². The van der Waals surface area contributed by atoms with E-state index in [1.54, 1.807) is 6.07 Å². The lowest BCUT2D eigenvalue weighted by Crippen LogP contribution is -2.06. The van der Waals surface area contributed by atoms with Crippen molar-refractivity contribution in [3.05, 3.63) is 23.0 Å². The van der Waals surface area contributed by atoms with Crippen molar-refractivity contribution in [1.29, 1.82) is 0 Å². The molecule has 0 radical (unpaired) electrons. The van der Waals surface area contributed by atoms with E-state index < -0.39 is 5.82 Å². The zero-order valence-corrected chi connectivity index (χ0v) is 11.3. The second-order valence-electron chi connectivity index (χ2n) is 5.07. The van der Waals surface area contributed by atoms with E-state index in [9.17, 15) is 4.39 Å². The minimum atomic E-state index is -0.467. The maximum Gasteiger partial charge on any atom is 0.143 e. The van der Waals surface area contributed by atoms with Gasteiger partial charge in [-0.2, -0.15) is 0 Å². The Kier molecular flexibility index (Phi) is 4.70. The van der Waals surface area contributed by atoms with Gasteiger partial charge in [0.2, 0.25) is 0 Å². The Balaban J connectivity index is 1.77. The van der Waals surface area contributed by atoms with E-state index in [1.807, 2.05) is 0 Å². The highest BCUT2D eigenvalue weighted by Crippen LogP contribution is 2.29. The normalized spacial score (nSPS) is 16.1. The smallest absolute Gasteiger partial charge is 0.143 e. The van der Waals surface area contributed by atoms with Gasteiger partial charge < -0.3 is 11.1 Å². The number of hydrogen-bond donors (Lipinski definition) is 2. The molecule has 100 valence electrons. The second kappa shape index (κ2) is 6.28. The van der Waals surface area contributed by atoms with Gasteiger partial charge in [-0.15, -0.1) is 0 Å². The van der Waals surface area contributed by atoms with Crippen LogP contribution < -0.4 is 11.1 Å². The number of nitrogens with one attached hydrogen (secondary N) is 1. The highest BCUT2D eigenvalue weighted by atomic mass is 35.5. The predicted molar refractivity (Wildman–Crippen MR) is 75.5 cm³/mol. The van der Waals surface area contributed by atoms with Gasteiger partial charge in [-0.25, -0.2) is 4.39 Å². The number of anilines is 2. The number of nitrogens with two attached hydrogens (primary N) is 1. The molecular weight excluding hydrogens is 251 g/mol. The molecule has 0 unspecified atom stereocenters. The first kappa shape index (κ1) is 13.5. The van der Waals surface area contributed by atoms with E-state index in [-0.39, 0.29) is 5.02 Å². The number of rotatable bonds is 5. The summed E-state index contributed by atoms with van der Waals surface area (Å²) in [6.07, 6.45) is 7.92. The van der Waals surface area contributed by atoms with Gasteiger partial charge in [-0.1, -0.05) is 37.3 Å². The van der Waals surface area contributed by atoms with E-state index in [1.165, 1.54) is 38.2 Å². The third-order valence-electron chi connectivity index (χ3n) is 3.67. The van der Waals surface area contributed by atoms with Crippen LogP contribution in [0, 0.1) is 11.7 Å². The lowest BCUT2D eigenvalue weighted by Gasteiger charge is -2.12. The molecule has 1 fully saturated rings. The number of halogens is 2. The molecule has 0 bridgehead atoms. The first-order valence-corrected chi connectivity index (χ1v) is 7.03. The van der Waals surface area contributed by atoms with Crippen molar-refractivity contribution in [3.8, 4) is 0 Å². The molecule has 1 aromatic rings. The summed E-state index contributed by atoms with van der Waals surface area (Å²) >= 11 is 5.73. The maximum atomic E-state index is 13.1. The molecule has 1 saturated carbocycles. The number of benzene rings is 1. The molecule has 18 heavy (non-hydrogen) atoms. The van der Waals surface area contributed by atoms with Crippen LogP contribution in [-0.4, -0.2) is 6.54 Å². The highest BCUT2D eigenvalue weighted by Gasteiger charge is 2.14. The van der Waals surface area contributed by atoms with Crippen LogP contribution in [0.5, 0.6) is 0 Å². The SMILES string of the molecule is Nc1cc(F)c(Cl)cc1NCCCC1CCCC1. The van der Waals surface area contributed by atoms with Crippen LogP contribution in [0.2, 0.25) is 5.02 Å². The van der Waals surface area contributed by atoms with Crippen molar-refractivity contribution in [2.24, 2.45) is 5.92 Å². The molecule has 0 heterocycles. The van der Waals surface area contributed by atoms with Crippen molar-refractivity contribution < 1.29 is 4.39 Å². The largest absolute Gasteiger partial charge is 0.397 e. The van der Waals surface area contributed by atoms with Crippen LogP contribution in [0.3, 0.4) is 0 Å². The molecule has 0 aliphatic heterocycles. The summed E-state index contributed by atoms with van der Waals surface area (Å²) in [5.41, 5.74) is 6.88. The zero-order chi connectivity index (χ0) is 13.0. The maximum absolute atomic E-state index is 13.1. The second-order valence-corrected chi connectivity index (χ2v) is 5.48. The minimum absolute atomic E-state index is 0.113. The molecule has 4 heteroatoms. The summed E-state index contributed by atoms with van der Waals surface area (Å²) in [7, 11) is 0. The molecule has 1 aromatic carbocycles. The molecule has 1 aliphatic carbocycles. The van der Waals surface area contributed by atoms with E-state index >= 15 is 0 Å². The van der Waals surface area contributed by atoms with E-state index in [2.05, 4.69) is 5.32 Å². The van der Waals surface area contributed by atoms with Gasteiger partial charge in [-0.3, -0.25) is 0 Å². The fourth-order valence-corrected chi connectivity index (χ4v) is 2.79. The highest BCUT2D eigenvalue weighted by molar-refractivity contribution is 6.31.